The molecule has 4 rings (SSSR count). The van der Waals surface area contributed by atoms with Gasteiger partial charge in [0.15, 0.2) is 0 Å². The van der Waals surface area contributed by atoms with E-state index in [0.717, 1.165) is 11.3 Å². The lowest BCUT2D eigenvalue weighted by Gasteiger charge is -2.18. The summed E-state index contributed by atoms with van der Waals surface area (Å²) >= 11 is 13.2. The van der Waals surface area contributed by atoms with Crippen LogP contribution in [0.1, 0.15) is 5.56 Å². The van der Waals surface area contributed by atoms with Crippen LogP contribution >= 0.6 is 23.2 Å². The molecule has 0 bridgehead atoms. The largest absolute Gasteiger partial charge is 0.495 e. The molecule has 0 aliphatic carbocycles. The van der Waals surface area contributed by atoms with Crippen molar-refractivity contribution in [2.24, 2.45) is 7.05 Å². The van der Waals surface area contributed by atoms with Crippen molar-refractivity contribution >= 4 is 51.2 Å². The van der Waals surface area contributed by atoms with Gasteiger partial charge in [0, 0.05) is 30.3 Å². The smallest absolute Gasteiger partial charge is 0.258 e. The zero-order valence-electron chi connectivity index (χ0n) is 18.5. The molecule has 0 atom stereocenters. The highest BCUT2D eigenvalue weighted by Crippen LogP contribution is 2.46. The van der Waals surface area contributed by atoms with E-state index in [1.54, 1.807) is 31.4 Å². The Hall–Kier alpha value is -3.42. The number of fused-ring (bicyclic) bond motifs is 1. The third-order valence-electron chi connectivity index (χ3n) is 5.51. The molecule has 2 aromatic heterocycles. The molecule has 2 heterocycles. The summed E-state index contributed by atoms with van der Waals surface area (Å²) in [5.74, 6) is 1.27. The molecule has 0 unspecified atom stereocenters. The van der Waals surface area contributed by atoms with Gasteiger partial charge in [-0.2, -0.15) is 0 Å². The van der Waals surface area contributed by atoms with Crippen LogP contribution in [0.15, 0.2) is 47.4 Å². The van der Waals surface area contributed by atoms with Gasteiger partial charge in [-0.1, -0.05) is 35.3 Å². The molecular formula is C24H22Cl2N4O3. The van der Waals surface area contributed by atoms with Crippen molar-refractivity contribution in [3.63, 3.8) is 0 Å². The number of nitrogens with zero attached hydrogens (tertiary/aromatic N) is 2. The standard InChI is InChI=1S/C24H22Cl2N4O3/c1-12-6-5-7-15(27)23(12)29-19-9-14-13(11-28-19)8-16(30(2)24(14)31)20-21(25)17(32-3)10-18(33-4)22(20)26/h5-11H,27H2,1-4H3,(H,28,29). The molecule has 0 aliphatic rings. The fourth-order valence-corrected chi connectivity index (χ4v) is 4.40. The molecule has 3 N–H and O–H groups in total. The van der Waals surface area contributed by atoms with E-state index in [9.17, 15) is 4.79 Å². The average Bonchev–Trinajstić information content (AvgIpc) is 2.80. The molecule has 7 nitrogen and oxygen atoms in total. The van der Waals surface area contributed by atoms with Crippen molar-refractivity contribution in [1.82, 2.24) is 9.55 Å². The molecular weight excluding hydrogens is 463 g/mol. The van der Waals surface area contributed by atoms with Gasteiger partial charge in [0.2, 0.25) is 0 Å². The number of nitrogens with one attached hydrogen (secondary N) is 1. The number of rotatable bonds is 5. The van der Waals surface area contributed by atoms with E-state index in [1.165, 1.54) is 18.8 Å². The summed E-state index contributed by atoms with van der Waals surface area (Å²) in [4.78, 5) is 17.8. The van der Waals surface area contributed by atoms with Crippen LogP contribution < -0.4 is 26.1 Å². The molecule has 2 aromatic carbocycles. The Bertz CT molecular complexity index is 1400. The Morgan fingerprint density at radius 2 is 1.73 bits per heavy atom. The van der Waals surface area contributed by atoms with Crippen molar-refractivity contribution < 1.29 is 9.47 Å². The van der Waals surface area contributed by atoms with E-state index in [2.05, 4.69) is 10.3 Å². The number of methoxy groups -OCH3 is 2. The van der Waals surface area contributed by atoms with Gasteiger partial charge >= 0.3 is 0 Å². The third-order valence-corrected chi connectivity index (χ3v) is 6.26. The molecule has 0 aliphatic heterocycles. The van der Waals surface area contributed by atoms with Gasteiger partial charge < -0.3 is 25.1 Å². The number of nitrogen functional groups attached to an aromatic ring is 1. The Morgan fingerprint density at radius 3 is 2.33 bits per heavy atom. The summed E-state index contributed by atoms with van der Waals surface area (Å²) in [5.41, 5.74) is 9.11. The van der Waals surface area contributed by atoms with Crippen LogP contribution in [-0.4, -0.2) is 23.8 Å². The number of para-hydroxylation sites is 1. The summed E-state index contributed by atoms with van der Waals surface area (Å²) in [6.07, 6.45) is 1.62. The van der Waals surface area contributed by atoms with Gasteiger partial charge in [0.1, 0.15) is 17.3 Å². The van der Waals surface area contributed by atoms with Gasteiger partial charge in [-0.25, -0.2) is 4.98 Å². The first-order valence-corrected chi connectivity index (χ1v) is 10.7. The first-order chi connectivity index (χ1) is 15.8. The quantitative estimate of drug-likeness (QED) is 0.360. The van der Waals surface area contributed by atoms with Gasteiger partial charge in [-0.15, -0.1) is 0 Å². The summed E-state index contributed by atoms with van der Waals surface area (Å²) in [7, 11) is 4.65. The lowest BCUT2D eigenvalue weighted by Crippen LogP contribution is -2.19. The van der Waals surface area contributed by atoms with Gasteiger partial charge in [0.05, 0.1) is 46.7 Å². The minimum absolute atomic E-state index is 0.236. The van der Waals surface area contributed by atoms with Crippen molar-refractivity contribution in [3.05, 3.63) is 68.6 Å². The summed E-state index contributed by atoms with van der Waals surface area (Å²) in [6, 6.07) is 10.7. The molecule has 0 saturated carbocycles. The van der Waals surface area contributed by atoms with Gasteiger partial charge in [-0.05, 0) is 30.7 Å². The number of aryl methyl sites for hydroxylation is 1. The Labute approximate surface area is 200 Å². The number of halogens is 2. The zero-order chi connectivity index (χ0) is 23.9. The molecule has 0 spiro atoms. The highest BCUT2D eigenvalue weighted by molar-refractivity contribution is 6.41. The highest BCUT2D eigenvalue weighted by Gasteiger charge is 2.22. The minimum Gasteiger partial charge on any atom is -0.495 e. The molecule has 0 fully saturated rings. The van der Waals surface area contributed by atoms with E-state index in [1.807, 2.05) is 25.1 Å². The lowest BCUT2D eigenvalue weighted by molar-refractivity contribution is 0.395. The normalized spacial score (nSPS) is 11.0. The van der Waals surface area contributed by atoms with E-state index in [0.29, 0.717) is 45.0 Å². The number of ether oxygens (including phenoxy) is 2. The first kappa shape index (κ1) is 22.8. The number of benzene rings is 2. The van der Waals surface area contributed by atoms with Crippen molar-refractivity contribution in [3.8, 4) is 22.8 Å². The highest BCUT2D eigenvalue weighted by atomic mass is 35.5. The van der Waals surface area contributed by atoms with E-state index < -0.39 is 0 Å². The molecule has 0 radical (unpaired) electrons. The second-order valence-electron chi connectivity index (χ2n) is 7.50. The summed E-state index contributed by atoms with van der Waals surface area (Å²) in [5, 5.41) is 4.88. The number of hydrogen-bond acceptors (Lipinski definition) is 6. The lowest BCUT2D eigenvalue weighted by atomic mass is 10.1. The fraction of sp³-hybridized carbons (Fsp3) is 0.167. The Balaban J connectivity index is 1.89. The van der Waals surface area contributed by atoms with Crippen molar-refractivity contribution in [1.29, 1.82) is 0 Å². The van der Waals surface area contributed by atoms with E-state index >= 15 is 0 Å². The predicted octanol–water partition coefficient (Wildman–Crippen LogP) is 5.56. The predicted molar refractivity (Wildman–Crippen MR) is 134 cm³/mol. The number of anilines is 3. The molecule has 33 heavy (non-hydrogen) atoms. The van der Waals surface area contributed by atoms with Gasteiger partial charge in [0.25, 0.3) is 5.56 Å². The fourth-order valence-electron chi connectivity index (χ4n) is 3.71. The third kappa shape index (κ3) is 3.94. The zero-order valence-corrected chi connectivity index (χ0v) is 20.0. The maximum Gasteiger partial charge on any atom is 0.258 e. The molecule has 170 valence electrons. The summed E-state index contributed by atoms with van der Waals surface area (Å²) in [6.45, 7) is 1.95. The van der Waals surface area contributed by atoms with Crippen LogP contribution in [0.2, 0.25) is 10.0 Å². The molecule has 0 amide bonds. The van der Waals surface area contributed by atoms with Crippen LogP contribution in [0.3, 0.4) is 0 Å². The number of nitrogens with two attached hydrogens (primary N) is 1. The topological polar surface area (TPSA) is 91.4 Å². The number of hydrogen-bond donors (Lipinski definition) is 2. The van der Waals surface area contributed by atoms with Crippen LogP contribution in [0.4, 0.5) is 17.2 Å². The van der Waals surface area contributed by atoms with Crippen molar-refractivity contribution in [2.45, 2.75) is 6.92 Å². The average molecular weight is 485 g/mol. The maximum absolute atomic E-state index is 13.3. The second kappa shape index (κ2) is 8.84. The van der Waals surface area contributed by atoms with Crippen LogP contribution in [0, 0.1) is 6.92 Å². The van der Waals surface area contributed by atoms with Crippen LogP contribution in [0.25, 0.3) is 22.0 Å². The first-order valence-electron chi connectivity index (χ1n) is 9.99. The van der Waals surface area contributed by atoms with E-state index in [4.69, 9.17) is 38.4 Å². The van der Waals surface area contributed by atoms with Crippen LogP contribution in [-0.2, 0) is 7.05 Å². The second-order valence-corrected chi connectivity index (χ2v) is 8.25. The molecule has 4 aromatic rings. The molecule has 9 heteroatoms. The Kier molecular flexibility index (Phi) is 6.10. The van der Waals surface area contributed by atoms with Crippen LogP contribution in [0.5, 0.6) is 11.5 Å². The number of aromatic nitrogens is 2. The van der Waals surface area contributed by atoms with Gasteiger partial charge in [-0.3, -0.25) is 4.79 Å². The van der Waals surface area contributed by atoms with Crippen molar-refractivity contribution in [2.75, 3.05) is 25.3 Å². The Morgan fingerprint density at radius 1 is 1.06 bits per heavy atom. The monoisotopic (exact) mass is 484 g/mol. The van der Waals surface area contributed by atoms with E-state index in [-0.39, 0.29) is 15.6 Å². The number of pyridine rings is 2. The molecule has 0 saturated heterocycles. The minimum atomic E-state index is -0.236. The SMILES string of the molecule is COc1cc(OC)c(Cl)c(-c2cc3cnc(Nc4c(C)cccc4N)cc3c(=O)n2C)c1Cl. The maximum atomic E-state index is 13.3. The summed E-state index contributed by atoms with van der Waals surface area (Å²) < 4.78 is 12.2.